The standard InChI is InChI=1S/C16H14BrClO3/c1-9-4-10(6-11(18)5-9)16(19)12-7-14-15(8-13(12)17)21-3-2-20-14/h4-8,16,19H,2-3H2,1H3. The van der Waals surface area contributed by atoms with E-state index in [0.717, 1.165) is 21.2 Å². The number of aliphatic hydroxyl groups excluding tert-OH is 1. The van der Waals surface area contributed by atoms with Gasteiger partial charge in [-0.25, -0.2) is 0 Å². The summed E-state index contributed by atoms with van der Waals surface area (Å²) < 4.78 is 11.9. The first-order valence-electron chi connectivity index (χ1n) is 6.59. The van der Waals surface area contributed by atoms with Gasteiger partial charge < -0.3 is 14.6 Å². The van der Waals surface area contributed by atoms with E-state index in [2.05, 4.69) is 15.9 Å². The third-order valence-corrected chi connectivity index (χ3v) is 4.24. The fourth-order valence-corrected chi connectivity index (χ4v) is 3.23. The van der Waals surface area contributed by atoms with Crippen LogP contribution in [-0.4, -0.2) is 18.3 Å². The van der Waals surface area contributed by atoms with Crippen molar-refractivity contribution in [1.82, 2.24) is 0 Å². The summed E-state index contributed by atoms with van der Waals surface area (Å²) in [6.45, 7) is 3.00. The first kappa shape index (κ1) is 14.7. The second-order valence-electron chi connectivity index (χ2n) is 4.98. The van der Waals surface area contributed by atoms with Crippen LogP contribution in [0.15, 0.2) is 34.8 Å². The Labute approximate surface area is 136 Å². The minimum absolute atomic E-state index is 0.514. The molecule has 0 radical (unpaired) electrons. The van der Waals surface area contributed by atoms with Crippen molar-refractivity contribution >= 4 is 27.5 Å². The van der Waals surface area contributed by atoms with E-state index in [1.54, 1.807) is 12.1 Å². The van der Waals surface area contributed by atoms with Crippen LogP contribution in [0.2, 0.25) is 5.02 Å². The molecule has 0 saturated heterocycles. The molecule has 1 N–H and O–H groups in total. The Morgan fingerprint density at radius 2 is 1.76 bits per heavy atom. The van der Waals surface area contributed by atoms with Crippen molar-refractivity contribution in [3.63, 3.8) is 0 Å². The van der Waals surface area contributed by atoms with Crippen molar-refractivity contribution in [1.29, 1.82) is 0 Å². The molecular weight excluding hydrogens is 356 g/mol. The molecule has 1 aliphatic rings. The van der Waals surface area contributed by atoms with E-state index in [0.29, 0.717) is 29.7 Å². The molecule has 0 spiro atoms. The molecule has 1 heterocycles. The van der Waals surface area contributed by atoms with Gasteiger partial charge in [0.15, 0.2) is 11.5 Å². The van der Waals surface area contributed by atoms with E-state index in [4.69, 9.17) is 21.1 Å². The number of fused-ring (bicyclic) bond motifs is 1. The molecule has 0 fully saturated rings. The van der Waals surface area contributed by atoms with Crippen molar-refractivity contribution in [3.8, 4) is 11.5 Å². The average molecular weight is 370 g/mol. The fourth-order valence-electron chi connectivity index (χ4n) is 2.39. The number of aliphatic hydroxyl groups is 1. The lowest BCUT2D eigenvalue weighted by Gasteiger charge is -2.22. The van der Waals surface area contributed by atoms with Crippen LogP contribution in [-0.2, 0) is 0 Å². The molecule has 2 aromatic carbocycles. The maximum atomic E-state index is 10.6. The predicted molar refractivity (Wildman–Crippen MR) is 85.4 cm³/mol. The van der Waals surface area contributed by atoms with Gasteiger partial charge in [-0.15, -0.1) is 0 Å². The molecule has 3 rings (SSSR count). The van der Waals surface area contributed by atoms with Crippen LogP contribution in [0.25, 0.3) is 0 Å². The fraction of sp³-hybridized carbons (Fsp3) is 0.250. The van der Waals surface area contributed by atoms with Gasteiger partial charge in [-0.2, -0.15) is 0 Å². The molecule has 3 nitrogen and oxygen atoms in total. The van der Waals surface area contributed by atoms with Gasteiger partial charge in [-0.05, 0) is 42.3 Å². The second-order valence-corrected chi connectivity index (χ2v) is 6.27. The van der Waals surface area contributed by atoms with Crippen molar-refractivity contribution in [2.45, 2.75) is 13.0 Å². The van der Waals surface area contributed by atoms with Crippen molar-refractivity contribution in [2.75, 3.05) is 13.2 Å². The molecule has 21 heavy (non-hydrogen) atoms. The molecule has 1 aliphatic heterocycles. The summed E-state index contributed by atoms with van der Waals surface area (Å²) in [5.41, 5.74) is 2.48. The zero-order valence-electron chi connectivity index (χ0n) is 11.4. The van der Waals surface area contributed by atoms with Gasteiger partial charge in [0.05, 0.1) is 0 Å². The molecule has 1 atom stereocenters. The molecule has 0 aliphatic carbocycles. The van der Waals surface area contributed by atoms with Crippen LogP contribution in [0.5, 0.6) is 11.5 Å². The van der Waals surface area contributed by atoms with Crippen LogP contribution in [0.1, 0.15) is 22.8 Å². The Morgan fingerprint density at radius 3 is 2.43 bits per heavy atom. The second kappa shape index (κ2) is 5.87. The Kier molecular flexibility index (Phi) is 4.11. The first-order chi connectivity index (χ1) is 10.0. The predicted octanol–water partition coefficient (Wildman–Crippen LogP) is 4.26. The summed E-state index contributed by atoms with van der Waals surface area (Å²) >= 11 is 9.55. The number of ether oxygens (including phenoxy) is 2. The Bertz CT molecular complexity index is 667. The molecule has 0 saturated carbocycles. The number of hydrogen-bond acceptors (Lipinski definition) is 3. The Morgan fingerprint density at radius 1 is 1.10 bits per heavy atom. The van der Waals surface area contributed by atoms with Crippen LogP contribution in [0.4, 0.5) is 0 Å². The smallest absolute Gasteiger partial charge is 0.162 e. The molecule has 5 heteroatoms. The molecule has 0 aromatic heterocycles. The molecule has 0 amide bonds. The Hall–Kier alpha value is -1.23. The number of halogens is 2. The lowest BCUT2D eigenvalue weighted by atomic mass is 9.99. The van der Waals surface area contributed by atoms with Gasteiger partial charge in [-0.1, -0.05) is 33.6 Å². The summed E-state index contributed by atoms with van der Waals surface area (Å²) in [6, 6.07) is 9.17. The van der Waals surface area contributed by atoms with E-state index in [-0.39, 0.29) is 0 Å². The number of rotatable bonds is 2. The highest BCUT2D eigenvalue weighted by atomic mass is 79.9. The highest BCUT2D eigenvalue weighted by molar-refractivity contribution is 9.10. The highest BCUT2D eigenvalue weighted by Gasteiger charge is 2.20. The van der Waals surface area contributed by atoms with Crippen LogP contribution in [0, 0.1) is 6.92 Å². The SMILES string of the molecule is Cc1cc(Cl)cc(C(O)c2cc3c(cc2Br)OCCO3)c1. The van der Waals surface area contributed by atoms with Gasteiger partial charge in [0, 0.05) is 15.1 Å². The monoisotopic (exact) mass is 368 g/mol. The van der Waals surface area contributed by atoms with E-state index in [9.17, 15) is 5.11 Å². The van der Waals surface area contributed by atoms with Crippen LogP contribution >= 0.6 is 27.5 Å². The van der Waals surface area contributed by atoms with E-state index in [1.807, 2.05) is 25.1 Å². The van der Waals surface area contributed by atoms with Gasteiger partial charge >= 0.3 is 0 Å². The minimum Gasteiger partial charge on any atom is -0.486 e. The maximum Gasteiger partial charge on any atom is 0.162 e. The number of benzene rings is 2. The summed E-state index contributed by atoms with van der Waals surface area (Å²) in [7, 11) is 0. The lowest BCUT2D eigenvalue weighted by Crippen LogP contribution is -2.16. The van der Waals surface area contributed by atoms with Crippen molar-refractivity contribution < 1.29 is 14.6 Å². The normalized spacial score (nSPS) is 14.9. The average Bonchev–Trinajstić information content (AvgIpc) is 2.44. The Balaban J connectivity index is 2.02. The highest BCUT2D eigenvalue weighted by Crippen LogP contribution is 2.39. The van der Waals surface area contributed by atoms with Gasteiger partial charge in [0.1, 0.15) is 19.3 Å². The van der Waals surface area contributed by atoms with Gasteiger partial charge in [0.25, 0.3) is 0 Å². The van der Waals surface area contributed by atoms with Gasteiger partial charge in [-0.3, -0.25) is 0 Å². The van der Waals surface area contributed by atoms with E-state index < -0.39 is 6.10 Å². The third-order valence-electron chi connectivity index (χ3n) is 3.34. The van der Waals surface area contributed by atoms with Gasteiger partial charge in [0.2, 0.25) is 0 Å². The quantitative estimate of drug-likeness (QED) is 0.859. The van der Waals surface area contributed by atoms with E-state index >= 15 is 0 Å². The largest absolute Gasteiger partial charge is 0.486 e. The maximum absolute atomic E-state index is 10.6. The summed E-state index contributed by atoms with van der Waals surface area (Å²) in [4.78, 5) is 0. The zero-order chi connectivity index (χ0) is 15.0. The zero-order valence-corrected chi connectivity index (χ0v) is 13.7. The third kappa shape index (κ3) is 3.03. The van der Waals surface area contributed by atoms with Crippen LogP contribution < -0.4 is 9.47 Å². The topological polar surface area (TPSA) is 38.7 Å². The summed E-state index contributed by atoms with van der Waals surface area (Å²) in [6.07, 6.45) is -0.785. The number of hydrogen-bond donors (Lipinski definition) is 1. The molecule has 110 valence electrons. The summed E-state index contributed by atoms with van der Waals surface area (Å²) in [5, 5.41) is 11.2. The minimum atomic E-state index is -0.785. The van der Waals surface area contributed by atoms with Crippen molar-refractivity contribution in [3.05, 3.63) is 56.5 Å². The lowest BCUT2D eigenvalue weighted by molar-refractivity contribution is 0.169. The summed E-state index contributed by atoms with van der Waals surface area (Å²) in [5.74, 6) is 1.34. The molecule has 2 aromatic rings. The molecule has 0 bridgehead atoms. The van der Waals surface area contributed by atoms with Crippen molar-refractivity contribution in [2.24, 2.45) is 0 Å². The molecular formula is C16H14BrClO3. The first-order valence-corrected chi connectivity index (χ1v) is 7.76. The van der Waals surface area contributed by atoms with Crippen LogP contribution in [0.3, 0.4) is 0 Å². The number of aryl methyl sites for hydroxylation is 1. The molecule has 1 unspecified atom stereocenters. The van der Waals surface area contributed by atoms with E-state index in [1.165, 1.54) is 0 Å².